The maximum Gasteiger partial charge on any atom is 0.356 e. The lowest BCUT2D eigenvalue weighted by Crippen LogP contribution is -2.35. The van der Waals surface area contributed by atoms with Crippen molar-refractivity contribution >= 4 is 11.9 Å². The first-order valence-electron chi connectivity index (χ1n) is 7.52. The molecule has 126 valence electrons. The molecular weight excluding hydrogens is 310 g/mol. The lowest BCUT2D eigenvalue weighted by atomic mass is 10.1. The van der Waals surface area contributed by atoms with Crippen LogP contribution >= 0.6 is 0 Å². The molecule has 0 fully saturated rings. The van der Waals surface area contributed by atoms with Crippen molar-refractivity contribution < 1.29 is 24.5 Å². The van der Waals surface area contributed by atoms with Crippen LogP contribution in [0.15, 0.2) is 54.6 Å². The van der Waals surface area contributed by atoms with Crippen LogP contribution < -0.4 is 10.1 Å². The fraction of sp³-hybridized carbons (Fsp3) is 0.222. The van der Waals surface area contributed by atoms with Crippen molar-refractivity contribution in [3.8, 4) is 5.75 Å². The average Bonchev–Trinajstić information content (AvgIpc) is 2.57. The number of carbonyl (C=O) groups is 2. The second-order valence-corrected chi connectivity index (χ2v) is 5.23. The molecule has 0 spiro atoms. The van der Waals surface area contributed by atoms with Gasteiger partial charge >= 0.3 is 11.9 Å². The van der Waals surface area contributed by atoms with Crippen molar-refractivity contribution in [2.24, 2.45) is 0 Å². The van der Waals surface area contributed by atoms with Crippen molar-refractivity contribution in [1.29, 1.82) is 0 Å². The number of hydrogen-bond acceptors (Lipinski definition) is 4. The van der Waals surface area contributed by atoms with Crippen LogP contribution in [-0.4, -0.2) is 34.8 Å². The standard InChI is InChI=1S/C18H19NO5/c20-17(21)16(18(22)23)24-15-8-4-7-13(11-15)9-10-19-12-14-5-2-1-3-6-14/h1-8,11,16,19H,9-10,12H2,(H,20,21)(H,22,23). The minimum Gasteiger partial charge on any atom is -0.478 e. The van der Waals surface area contributed by atoms with Crippen molar-refractivity contribution in [2.45, 2.75) is 19.1 Å². The summed E-state index contributed by atoms with van der Waals surface area (Å²) in [5.74, 6) is -2.83. The topological polar surface area (TPSA) is 95.9 Å². The Kier molecular flexibility index (Phi) is 6.33. The molecule has 0 saturated heterocycles. The second-order valence-electron chi connectivity index (χ2n) is 5.23. The molecule has 24 heavy (non-hydrogen) atoms. The van der Waals surface area contributed by atoms with Gasteiger partial charge in [-0.1, -0.05) is 42.5 Å². The molecule has 0 heterocycles. The highest BCUT2D eigenvalue weighted by atomic mass is 16.5. The second kappa shape index (κ2) is 8.69. The maximum atomic E-state index is 10.9. The van der Waals surface area contributed by atoms with E-state index in [1.807, 2.05) is 36.4 Å². The summed E-state index contributed by atoms with van der Waals surface area (Å²) in [4.78, 5) is 21.7. The van der Waals surface area contributed by atoms with E-state index >= 15 is 0 Å². The minimum absolute atomic E-state index is 0.227. The van der Waals surface area contributed by atoms with E-state index in [9.17, 15) is 9.59 Å². The fourth-order valence-corrected chi connectivity index (χ4v) is 2.18. The third-order valence-electron chi connectivity index (χ3n) is 3.36. The van der Waals surface area contributed by atoms with Crippen LogP contribution in [0.1, 0.15) is 11.1 Å². The molecule has 2 aromatic carbocycles. The summed E-state index contributed by atoms with van der Waals surface area (Å²) in [6.45, 7) is 1.50. The van der Waals surface area contributed by atoms with Crippen LogP contribution in [0.25, 0.3) is 0 Å². The van der Waals surface area contributed by atoms with Gasteiger partial charge in [0.15, 0.2) is 0 Å². The van der Waals surface area contributed by atoms with E-state index in [0.717, 1.165) is 25.1 Å². The molecular formula is C18H19NO5. The number of carboxylic acid groups (broad SMARTS) is 2. The van der Waals surface area contributed by atoms with Crippen molar-refractivity contribution in [3.63, 3.8) is 0 Å². The van der Waals surface area contributed by atoms with E-state index < -0.39 is 18.0 Å². The van der Waals surface area contributed by atoms with Crippen molar-refractivity contribution in [2.75, 3.05) is 6.54 Å². The van der Waals surface area contributed by atoms with E-state index in [4.69, 9.17) is 14.9 Å². The molecule has 6 nitrogen and oxygen atoms in total. The van der Waals surface area contributed by atoms with Crippen LogP contribution in [0.3, 0.4) is 0 Å². The van der Waals surface area contributed by atoms with Gasteiger partial charge in [0.1, 0.15) is 5.75 Å². The van der Waals surface area contributed by atoms with Crippen LogP contribution in [0.5, 0.6) is 5.75 Å². The van der Waals surface area contributed by atoms with Gasteiger partial charge in [0.25, 0.3) is 6.10 Å². The summed E-state index contributed by atoms with van der Waals surface area (Å²) >= 11 is 0. The van der Waals surface area contributed by atoms with E-state index in [0.29, 0.717) is 0 Å². The number of carboxylic acids is 2. The van der Waals surface area contributed by atoms with Gasteiger partial charge in [-0.25, -0.2) is 9.59 Å². The van der Waals surface area contributed by atoms with Gasteiger partial charge in [-0.15, -0.1) is 0 Å². The van der Waals surface area contributed by atoms with Crippen LogP contribution in [0.4, 0.5) is 0 Å². The molecule has 0 aliphatic heterocycles. The molecule has 0 aliphatic carbocycles. The summed E-state index contributed by atoms with van der Waals surface area (Å²) < 4.78 is 5.03. The van der Waals surface area contributed by atoms with E-state index in [1.165, 1.54) is 5.56 Å². The molecule has 0 radical (unpaired) electrons. The maximum absolute atomic E-state index is 10.9. The highest BCUT2D eigenvalue weighted by Gasteiger charge is 2.27. The van der Waals surface area contributed by atoms with Gasteiger partial charge in [0, 0.05) is 6.54 Å². The number of hydrogen-bond donors (Lipinski definition) is 3. The SMILES string of the molecule is O=C(O)C(Oc1cccc(CCNCc2ccccc2)c1)C(=O)O. The van der Waals surface area contributed by atoms with Crippen molar-refractivity contribution in [3.05, 3.63) is 65.7 Å². The quantitative estimate of drug-likeness (QED) is 0.481. The first-order valence-corrected chi connectivity index (χ1v) is 7.52. The summed E-state index contributed by atoms with van der Waals surface area (Å²) in [6, 6.07) is 16.8. The van der Waals surface area contributed by atoms with Crippen LogP contribution in [0.2, 0.25) is 0 Å². The first-order chi connectivity index (χ1) is 11.6. The predicted octanol–water partition coefficient (Wildman–Crippen LogP) is 1.94. The molecule has 2 rings (SSSR count). The summed E-state index contributed by atoms with van der Waals surface area (Å²) in [5.41, 5.74) is 2.13. The molecule has 0 aliphatic rings. The zero-order valence-electron chi connectivity index (χ0n) is 13.0. The summed E-state index contributed by atoms with van der Waals surface area (Å²) in [5, 5.41) is 21.0. The van der Waals surface area contributed by atoms with Crippen LogP contribution in [0, 0.1) is 0 Å². The largest absolute Gasteiger partial charge is 0.478 e. The number of rotatable bonds is 9. The van der Waals surface area contributed by atoms with Crippen LogP contribution in [-0.2, 0) is 22.6 Å². The molecule has 0 aromatic heterocycles. The van der Waals surface area contributed by atoms with Gasteiger partial charge in [-0.3, -0.25) is 0 Å². The Hall–Kier alpha value is -2.86. The monoisotopic (exact) mass is 329 g/mol. The lowest BCUT2D eigenvalue weighted by molar-refractivity contribution is -0.159. The Morgan fingerprint density at radius 3 is 2.29 bits per heavy atom. The molecule has 2 aromatic rings. The Labute approximate surface area is 139 Å². The third kappa shape index (κ3) is 5.40. The summed E-state index contributed by atoms with van der Waals surface area (Å²) in [7, 11) is 0. The Balaban J connectivity index is 1.86. The van der Waals surface area contributed by atoms with Gasteiger partial charge in [-0.05, 0) is 36.2 Å². The van der Waals surface area contributed by atoms with Gasteiger partial charge in [-0.2, -0.15) is 0 Å². The number of ether oxygens (including phenoxy) is 1. The highest BCUT2D eigenvalue weighted by Crippen LogP contribution is 2.15. The molecule has 3 N–H and O–H groups in total. The van der Waals surface area contributed by atoms with Gasteiger partial charge in [0.2, 0.25) is 0 Å². The third-order valence-corrected chi connectivity index (χ3v) is 3.36. The van der Waals surface area contributed by atoms with E-state index in [1.54, 1.807) is 18.2 Å². The Morgan fingerprint density at radius 2 is 1.62 bits per heavy atom. The number of nitrogens with one attached hydrogen (secondary N) is 1. The van der Waals surface area contributed by atoms with E-state index in [2.05, 4.69) is 5.32 Å². The van der Waals surface area contributed by atoms with Gasteiger partial charge in [0.05, 0.1) is 0 Å². The first kappa shape index (κ1) is 17.5. The minimum atomic E-state index is -1.91. The van der Waals surface area contributed by atoms with Crippen molar-refractivity contribution in [1.82, 2.24) is 5.32 Å². The Bertz CT molecular complexity index is 673. The zero-order valence-corrected chi connectivity index (χ0v) is 13.0. The molecule has 0 unspecified atom stereocenters. The zero-order chi connectivity index (χ0) is 17.4. The molecule has 6 heteroatoms. The predicted molar refractivity (Wildman–Crippen MR) is 88.0 cm³/mol. The normalized spacial score (nSPS) is 10.5. The number of aliphatic carboxylic acids is 2. The summed E-state index contributed by atoms with van der Waals surface area (Å²) in [6.07, 6.45) is -1.19. The molecule has 0 saturated carbocycles. The van der Waals surface area contributed by atoms with Gasteiger partial charge < -0.3 is 20.3 Å². The lowest BCUT2D eigenvalue weighted by Gasteiger charge is -2.12. The molecule has 0 amide bonds. The average molecular weight is 329 g/mol. The Morgan fingerprint density at radius 1 is 0.958 bits per heavy atom. The fourth-order valence-electron chi connectivity index (χ4n) is 2.18. The number of benzene rings is 2. The molecule has 0 bridgehead atoms. The highest BCUT2D eigenvalue weighted by molar-refractivity contribution is 5.96. The van der Waals surface area contributed by atoms with E-state index in [-0.39, 0.29) is 5.75 Å². The molecule has 0 atom stereocenters. The smallest absolute Gasteiger partial charge is 0.356 e.